The van der Waals surface area contributed by atoms with Crippen LogP contribution in [0.4, 0.5) is 5.82 Å². The van der Waals surface area contributed by atoms with Crippen molar-refractivity contribution in [1.29, 1.82) is 0 Å². The Labute approximate surface area is 85.3 Å². The number of rotatable bonds is 2. The van der Waals surface area contributed by atoms with Crippen molar-refractivity contribution < 1.29 is 4.92 Å². The molecule has 6 heteroatoms. The van der Waals surface area contributed by atoms with Gasteiger partial charge in [0.2, 0.25) is 0 Å². The molecular formula is C9H8N4O2. The van der Waals surface area contributed by atoms with Crippen LogP contribution < -0.4 is 0 Å². The van der Waals surface area contributed by atoms with Crippen LogP contribution in [0.25, 0.3) is 5.69 Å². The Bertz CT molecular complexity index is 492. The van der Waals surface area contributed by atoms with Gasteiger partial charge in [-0.1, -0.05) is 18.2 Å². The predicted molar refractivity (Wildman–Crippen MR) is 52.8 cm³/mol. The van der Waals surface area contributed by atoms with Crippen LogP contribution in [0.15, 0.2) is 30.3 Å². The van der Waals surface area contributed by atoms with Gasteiger partial charge in [0, 0.05) is 0 Å². The minimum atomic E-state index is -0.540. The van der Waals surface area contributed by atoms with Gasteiger partial charge in [-0.3, -0.25) is 0 Å². The van der Waals surface area contributed by atoms with Gasteiger partial charge in [0.1, 0.15) is 10.8 Å². The molecule has 0 atom stereocenters. The second kappa shape index (κ2) is 3.49. The van der Waals surface area contributed by atoms with Crippen LogP contribution in [-0.4, -0.2) is 19.9 Å². The number of hydrogen-bond acceptors (Lipinski definition) is 4. The number of nitro groups is 1. The summed E-state index contributed by atoms with van der Waals surface area (Å²) >= 11 is 0. The van der Waals surface area contributed by atoms with Crippen molar-refractivity contribution in [3.63, 3.8) is 0 Å². The Morgan fingerprint density at radius 3 is 2.53 bits per heavy atom. The van der Waals surface area contributed by atoms with E-state index in [9.17, 15) is 10.1 Å². The molecule has 0 bridgehead atoms. The highest BCUT2D eigenvalue weighted by Gasteiger charge is 2.20. The lowest BCUT2D eigenvalue weighted by Crippen LogP contribution is -1.99. The molecule has 0 N–H and O–H groups in total. The zero-order valence-electron chi connectivity index (χ0n) is 7.99. The lowest BCUT2D eigenvalue weighted by molar-refractivity contribution is -0.390. The first kappa shape index (κ1) is 9.32. The van der Waals surface area contributed by atoms with E-state index in [4.69, 9.17) is 0 Å². The average molecular weight is 204 g/mol. The second-order valence-corrected chi connectivity index (χ2v) is 3.00. The fraction of sp³-hybridized carbons (Fsp3) is 0.111. The zero-order valence-corrected chi connectivity index (χ0v) is 7.99. The van der Waals surface area contributed by atoms with Gasteiger partial charge in [-0.05, 0) is 24.0 Å². The van der Waals surface area contributed by atoms with E-state index in [1.807, 2.05) is 30.3 Å². The lowest BCUT2D eigenvalue weighted by Gasteiger charge is -1.99. The van der Waals surface area contributed by atoms with Crippen molar-refractivity contribution in [3.8, 4) is 5.69 Å². The van der Waals surface area contributed by atoms with E-state index in [0.717, 1.165) is 5.69 Å². The average Bonchev–Trinajstić information content (AvgIpc) is 2.61. The van der Waals surface area contributed by atoms with Crippen molar-refractivity contribution in [3.05, 3.63) is 46.1 Å². The standard InChI is InChI=1S/C9H8N4O2/c1-7-9(13(14)15)10-11-12(7)8-5-3-2-4-6-8/h2-6H,1H3. The lowest BCUT2D eigenvalue weighted by atomic mass is 10.3. The summed E-state index contributed by atoms with van der Waals surface area (Å²) in [5.74, 6) is -0.209. The molecule has 0 fully saturated rings. The molecule has 0 saturated carbocycles. The third kappa shape index (κ3) is 1.56. The fourth-order valence-corrected chi connectivity index (χ4v) is 1.30. The molecule has 76 valence electrons. The first-order valence-corrected chi connectivity index (χ1v) is 4.32. The molecule has 1 aromatic carbocycles. The number of nitrogens with zero attached hydrogens (tertiary/aromatic N) is 4. The van der Waals surface area contributed by atoms with Gasteiger partial charge in [0.25, 0.3) is 0 Å². The molecule has 0 radical (unpaired) electrons. The summed E-state index contributed by atoms with van der Waals surface area (Å²) in [6, 6.07) is 9.16. The molecule has 2 aromatic rings. The SMILES string of the molecule is Cc1c([N+](=O)[O-])nnn1-c1ccccc1. The van der Waals surface area contributed by atoms with E-state index in [1.54, 1.807) is 6.92 Å². The topological polar surface area (TPSA) is 73.8 Å². The Balaban J connectivity index is 2.52. The molecule has 0 saturated heterocycles. The smallest absolute Gasteiger partial charge is 0.358 e. The highest BCUT2D eigenvalue weighted by atomic mass is 16.6. The van der Waals surface area contributed by atoms with Gasteiger partial charge in [0.15, 0.2) is 0 Å². The largest absolute Gasteiger partial charge is 0.413 e. The van der Waals surface area contributed by atoms with E-state index >= 15 is 0 Å². The minimum absolute atomic E-state index is 0.209. The van der Waals surface area contributed by atoms with Crippen molar-refractivity contribution in [2.45, 2.75) is 6.92 Å². The van der Waals surface area contributed by atoms with E-state index in [0.29, 0.717) is 5.69 Å². The molecular weight excluding hydrogens is 196 g/mol. The van der Waals surface area contributed by atoms with Gasteiger partial charge in [0.05, 0.1) is 10.9 Å². The van der Waals surface area contributed by atoms with E-state index in [-0.39, 0.29) is 5.82 Å². The molecule has 6 nitrogen and oxygen atoms in total. The van der Waals surface area contributed by atoms with Gasteiger partial charge in [-0.15, -0.1) is 0 Å². The van der Waals surface area contributed by atoms with Crippen molar-refractivity contribution >= 4 is 5.82 Å². The normalized spacial score (nSPS) is 10.2. The summed E-state index contributed by atoms with van der Waals surface area (Å²) in [6.45, 7) is 1.62. The summed E-state index contributed by atoms with van der Waals surface area (Å²) < 4.78 is 1.44. The van der Waals surface area contributed by atoms with Crippen LogP contribution in [-0.2, 0) is 0 Å². The number of aromatic nitrogens is 3. The van der Waals surface area contributed by atoms with Gasteiger partial charge in [-0.25, -0.2) is 0 Å². The quantitative estimate of drug-likeness (QED) is 0.548. The number of para-hydroxylation sites is 1. The van der Waals surface area contributed by atoms with Crippen LogP contribution in [0, 0.1) is 17.0 Å². The van der Waals surface area contributed by atoms with Crippen LogP contribution in [0.3, 0.4) is 0 Å². The van der Waals surface area contributed by atoms with Crippen LogP contribution in [0.2, 0.25) is 0 Å². The van der Waals surface area contributed by atoms with E-state index in [2.05, 4.69) is 10.3 Å². The van der Waals surface area contributed by atoms with Gasteiger partial charge < -0.3 is 10.1 Å². The molecule has 1 heterocycles. The maximum absolute atomic E-state index is 10.6. The molecule has 0 unspecified atom stereocenters. The van der Waals surface area contributed by atoms with Crippen LogP contribution >= 0.6 is 0 Å². The Hall–Kier alpha value is -2.24. The number of hydrogen-bond donors (Lipinski definition) is 0. The second-order valence-electron chi connectivity index (χ2n) is 3.00. The molecule has 15 heavy (non-hydrogen) atoms. The van der Waals surface area contributed by atoms with Crippen LogP contribution in [0.1, 0.15) is 5.69 Å². The summed E-state index contributed by atoms with van der Waals surface area (Å²) in [7, 11) is 0. The number of benzene rings is 1. The van der Waals surface area contributed by atoms with E-state index in [1.165, 1.54) is 4.68 Å². The maximum atomic E-state index is 10.6. The molecule has 0 amide bonds. The highest BCUT2D eigenvalue weighted by molar-refractivity contribution is 5.36. The fourth-order valence-electron chi connectivity index (χ4n) is 1.30. The minimum Gasteiger partial charge on any atom is -0.358 e. The molecule has 0 aliphatic rings. The summed E-state index contributed by atoms with van der Waals surface area (Å²) in [5.41, 5.74) is 1.18. The van der Waals surface area contributed by atoms with Gasteiger partial charge >= 0.3 is 5.82 Å². The third-order valence-electron chi connectivity index (χ3n) is 2.04. The molecule has 1 aromatic heterocycles. The molecule has 0 spiro atoms. The van der Waals surface area contributed by atoms with Crippen molar-refractivity contribution in [2.24, 2.45) is 0 Å². The Kier molecular flexibility index (Phi) is 2.17. The first-order valence-electron chi connectivity index (χ1n) is 4.32. The summed E-state index contributed by atoms with van der Waals surface area (Å²) in [5, 5.41) is 17.8. The maximum Gasteiger partial charge on any atom is 0.413 e. The third-order valence-corrected chi connectivity index (χ3v) is 2.04. The molecule has 0 aliphatic heterocycles. The Morgan fingerprint density at radius 1 is 1.33 bits per heavy atom. The van der Waals surface area contributed by atoms with E-state index < -0.39 is 4.92 Å². The van der Waals surface area contributed by atoms with Gasteiger partial charge in [-0.2, -0.15) is 4.68 Å². The molecule has 2 rings (SSSR count). The van der Waals surface area contributed by atoms with Crippen molar-refractivity contribution in [2.75, 3.05) is 0 Å². The van der Waals surface area contributed by atoms with Crippen LogP contribution in [0.5, 0.6) is 0 Å². The summed E-state index contributed by atoms with van der Waals surface area (Å²) in [4.78, 5) is 10.0. The zero-order chi connectivity index (χ0) is 10.8. The predicted octanol–water partition coefficient (Wildman–Crippen LogP) is 1.48. The highest BCUT2D eigenvalue weighted by Crippen LogP contribution is 2.16. The first-order chi connectivity index (χ1) is 7.20. The monoisotopic (exact) mass is 204 g/mol. The summed E-state index contributed by atoms with van der Waals surface area (Å²) in [6.07, 6.45) is 0. The van der Waals surface area contributed by atoms with Crippen molar-refractivity contribution in [1.82, 2.24) is 15.0 Å². The Morgan fingerprint density at radius 2 is 2.00 bits per heavy atom. The molecule has 0 aliphatic carbocycles.